The normalized spacial score (nSPS) is 23.2. The van der Waals surface area contributed by atoms with Gasteiger partial charge in [-0.2, -0.15) is 0 Å². The second kappa shape index (κ2) is 7.07. The smallest absolute Gasteiger partial charge is 0.237 e. The molecule has 0 aromatic carbocycles. The SMILES string of the molecule is Cc1ncsc1CNC(=O)C1CC(C)CCN1.Cl. The molecule has 1 saturated heterocycles. The highest BCUT2D eigenvalue weighted by molar-refractivity contribution is 7.09. The molecule has 1 fully saturated rings. The number of carbonyl (C=O) groups excluding carboxylic acids is 1. The maximum atomic E-state index is 12.0. The van der Waals surface area contributed by atoms with Crippen molar-refractivity contribution < 1.29 is 4.79 Å². The number of nitrogens with one attached hydrogen (secondary N) is 2. The first kappa shape index (κ1) is 15.4. The fourth-order valence-electron chi connectivity index (χ4n) is 2.09. The van der Waals surface area contributed by atoms with Gasteiger partial charge in [0.15, 0.2) is 0 Å². The number of hydrogen-bond acceptors (Lipinski definition) is 4. The lowest BCUT2D eigenvalue weighted by Crippen LogP contribution is -2.48. The number of amides is 1. The van der Waals surface area contributed by atoms with Crippen LogP contribution in [0.15, 0.2) is 5.51 Å². The maximum Gasteiger partial charge on any atom is 0.237 e. The summed E-state index contributed by atoms with van der Waals surface area (Å²) in [5.74, 6) is 0.751. The van der Waals surface area contributed by atoms with Crippen LogP contribution in [0.5, 0.6) is 0 Å². The summed E-state index contributed by atoms with van der Waals surface area (Å²) in [4.78, 5) is 17.3. The van der Waals surface area contributed by atoms with Gasteiger partial charge in [-0.15, -0.1) is 23.7 Å². The number of carbonyl (C=O) groups is 1. The van der Waals surface area contributed by atoms with E-state index in [9.17, 15) is 4.79 Å². The lowest BCUT2D eigenvalue weighted by Gasteiger charge is -2.27. The molecule has 0 saturated carbocycles. The van der Waals surface area contributed by atoms with E-state index in [4.69, 9.17) is 0 Å². The molecular weight excluding hydrogens is 270 g/mol. The molecule has 0 radical (unpaired) electrons. The average molecular weight is 290 g/mol. The Kier molecular flexibility index (Phi) is 6.05. The monoisotopic (exact) mass is 289 g/mol. The summed E-state index contributed by atoms with van der Waals surface area (Å²) in [5, 5.41) is 6.25. The molecular formula is C12H20ClN3OS. The van der Waals surface area contributed by atoms with Gasteiger partial charge in [0.25, 0.3) is 0 Å². The number of aromatic nitrogens is 1. The Bertz CT molecular complexity index is 396. The third-order valence-corrected chi connectivity index (χ3v) is 4.19. The maximum absolute atomic E-state index is 12.0. The summed E-state index contributed by atoms with van der Waals surface area (Å²) in [5.41, 5.74) is 2.83. The number of nitrogens with zero attached hydrogens (tertiary/aromatic N) is 1. The molecule has 2 rings (SSSR count). The Morgan fingerprint density at radius 1 is 1.67 bits per heavy atom. The molecule has 1 amide bonds. The van der Waals surface area contributed by atoms with Crippen molar-refractivity contribution in [2.45, 2.75) is 39.3 Å². The number of thiazole rings is 1. The van der Waals surface area contributed by atoms with Crippen molar-refractivity contribution in [2.75, 3.05) is 6.54 Å². The Morgan fingerprint density at radius 2 is 2.44 bits per heavy atom. The molecule has 2 atom stereocenters. The van der Waals surface area contributed by atoms with Crippen molar-refractivity contribution in [1.82, 2.24) is 15.6 Å². The average Bonchev–Trinajstić information content (AvgIpc) is 2.72. The summed E-state index contributed by atoms with van der Waals surface area (Å²) >= 11 is 1.59. The van der Waals surface area contributed by atoms with Crippen LogP contribution in [0, 0.1) is 12.8 Å². The molecule has 2 N–H and O–H groups in total. The van der Waals surface area contributed by atoms with Crippen molar-refractivity contribution >= 4 is 29.7 Å². The highest BCUT2D eigenvalue weighted by Gasteiger charge is 2.24. The third-order valence-electron chi connectivity index (χ3n) is 3.25. The minimum Gasteiger partial charge on any atom is -0.350 e. The summed E-state index contributed by atoms with van der Waals surface area (Å²) in [6, 6.07) is -0.0213. The van der Waals surface area contributed by atoms with Crippen molar-refractivity contribution in [1.29, 1.82) is 0 Å². The molecule has 0 bridgehead atoms. The van der Waals surface area contributed by atoms with E-state index < -0.39 is 0 Å². The van der Waals surface area contributed by atoms with E-state index in [1.54, 1.807) is 11.3 Å². The summed E-state index contributed by atoms with van der Waals surface area (Å²) in [6.07, 6.45) is 2.10. The van der Waals surface area contributed by atoms with Crippen LogP contribution in [0.4, 0.5) is 0 Å². The van der Waals surface area contributed by atoms with Crippen molar-refractivity contribution in [2.24, 2.45) is 5.92 Å². The summed E-state index contributed by atoms with van der Waals surface area (Å²) in [6.45, 7) is 5.72. The van der Waals surface area contributed by atoms with Crippen molar-refractivity contribution in [3.8, 4) is 0 Å². The third kappa shape index (κ3) is 3.93. The number of halogens is 1. The Morgan fingerprint density at radius 3 is 3.06 bits per heavy atom. The second-order valence-electron chi connectivity index (χ2n) is 4.72. The Labute approximate surface area is 118 Å². The van der Waals surface area contributed by atoms with E-state index in [1.807, 2.05) is 12.4 Å². The molecule has 102 valence electrons. The van der Waals surface area contributed by atoms with Gasteiger partial charge in [0.2, 0.25) is 5.91 Å². The largest absolute Gasteiger partial charge is 0.350 e. The fourth-order valence-corrected chi connectivity index (χ4v) is 2.81. The highest BCUT2D eigenvalue weighted by Crippen LogP contribution is 2.16. The second-order valence-corrected chi connectivity index (χ2v) is 5.65. The molecule has 4 nitrogen and oxygen atoms in total. The van der Waals surface area contributed by atoms with Gasteiger partial charge < -0.3 is 10.6 Å². The molecule has 6 heteroatoms. The van der Waals surface area contributed by atoms with Gasteiger partial charge in [0.05, 0.1) is 23.8 Å². The molecule has 2 heterocycles. The quantitative estimate of drug-likeness (QED) is 0.893. The van der Waals surface area contributed by atoms with E-state index in [0.29, 0.717) is 12.5 Å². The molecule has 1 aromatic heterocycles. The first-order valence-electron chi connectivity index (χ1n) is 6.07. The van der Waals surface area contributed by atoms with Crippen LogP contribution in [0.2, 0.25) is 0 Å². The first-order valence-corrected chi connectivity index (χ1v) is 6.95. The molecule has 2 unspecified atom stereocenters. The Balaban J connectivity index is 0.00000162. The number of piperidine rings is 1. The van der Waals surface area contributed by atoms with Gasteiger partial charge in [-0.3, -0.25) is 4.79 Å². The van der Waals surface area contributed by atoms with Crippen molar-refractivity contribution in [3.63, 3.8) is 0 Å². The van der Waals surface area contributed by atoms with Gasteiger partial charge in [-0.25, -0.2) is 4.98 Å². The van der Waals surface area contributed by atoms with Gasteiger partial charge >= 0.3 is 0 Å². The van der Waals surface area contributed by atoms with E-state index in [0.717, 1.165) is 30.0 Å². The van der Waals surface area contributed by atoms with Crippen LogP contribution >= 0.6 is 23.7 Å². The topological polar surface area (TPSA) is 54.0 Å². The minimum atomic E-state index is -0.0213. The highest BCUT2D eigenvalue weighted by atomic mass is 35.5. The van der Waals surface area contributed by atoms with Crippen LogP contribution in [0.1, 0.15) is 30.3 Å². The van der Waals surface area contributed by atoms with Gasteiger partial charge in [-0.05, 0) is 32.2 Å². The number of hydrogen-bond donors (Lipinski definition) is 2. The van der Waals surface area contributed by atoms with Crippen molar-refractivity contribution in [3.05, 3.63) is 16.1 Å². The minimum absolute atomic E-state index is 0. The van der Waals surface area contributed by atoms with Crippen LogP contribution in [0.3, 0.4) is 0 Å². The van der Waals surface area contributed by atoms with E-state index in [2.05, 4.69) is 22.5 Å². The lowest BCUT2D eigenvalue weighted by atomic mass is 9.94. The summed E-state index contributed by atoms with van der Waals surface area (Å²) in [7, 11) is 0. The lowest BCUT2D eigenvalue weighted by molar-refractivity contribution is -0.124. The van der Waals surface area contributed by atoms with Gasteiger partial charge in [-0.1, -0.05) is 6.92 Å². The van der Waals surface area contributed by atoms with E-state index in [-0.39, 0.29) is 24.4 Å². The van der Waals surface area contributed by atoms with E-state index in [1.165, 1.54) is 0 Å². The zero-order valence-electron chi connectivity index (χ0n) is 10.7. The summed E-state index contributed by atoms with van der Waals surface area (Å²) < 4.78 is 0. The predicted octanol–water partition coefficient (Wildman–Crippen LogP) is 1.88. The molecule has 1 aromatic rings. The zero-order valence-corrected chi connectivity index (χ0v) is 12.4. The molecule has 1 aliphatic rings. The van der Waals surface area contributed by atoms with Crippen LogP contribution in [-0.4, -0.2) is 23.5 Å². The molecule has 1 aliphatic heterocycles. The van der Waals surface area contributed by atoms with Crippen LogP contribution < -0.4 is 10.6 Å². The fraction of sp³-hybridized carbons (Fsp3) is 0.667. The molecule has 18 heavy (non-hydrogen) atoms. The van der Waals surface area contributed by atoms with Gasteiger partial charge in [0, 0.05) is 4.88 Å². The van der Waals surface area contributed by atoms with Crippen LogP contribution in [0.25, 0.3) is 0 Å². The Hall–Kier alpha value is -0.650. The van der Waals surface area contributed by atoms with Gasteiger partial charge in [0.1, 0.15) is 0 Å². The van der Waals surface area contributed by atoms with E-state index >= 15 is 0 Å². The number of aryl methyl sites for hydroxylation is 1. The molecule has 0 aliphatic carbocycles. The number of rotatable bonds is 3. The molecule has 0 spiro atoms. The van der Waals surface area contributed by atoms with Crippen LogP contribution in [-0.2, 0) is 11.3 Å². The zero-order chi connectivity index (χ0) is 12.3. The standard InChI is InChI=1S/C12H19N3OS.ClH/c1-8-3-4-13-10(5-8)12(16)14-6-11-9(2)15-7-17-11;/h7-8,10,13H,3-6H2,1-2H3,(H,14,16);1H. The first-order chi connectivity index (χ1) is 8.16. The predicted molar refractivity (Wildman–Crippen MR) is 76.1 cm³/mol.